The van der Waals surface area contributed by atoms with Gasteiger partial charge in [0.25, 0.3) is 0 Å². The maximum absolute atomic E-state index is 12.2. The molecule has 1 aliphatic carbocycles. The lowest BCUT2D eigenvalue weighted by molar-refractivity contribution is 0.0519. The van der Waals surface area contributed by atoms with Crippen LogP contribution in [0.1, 0.15) is 39.5 Å². The van der Waals surface area contributed by atoms with E-state index in [9.17, 15) is 15.0 Å². The van der Waals surface area contributed by atoms with Gasteiger partial charge in [-0.2, -0.15) is 9.61 Å². The molecule has 9 nitrogen and oxygen atoms in total. The zero-order valence-electron chi connectivity index (χ0n) is 17.2. The molecular formula is C20H28BrN5O4. The molecule has 30 heavy (non-hydrogen) atoms. The van der Waals surface area contributed by atoms with Crippen LogP contribution in [0.4, 0.5) is 16.4 Å². The Hall–Kier alpha value is -1.91. The van der Waals surface area contributed by atoms with E-state index in [1.807, 2.05) is 0 Å². The molecule has 10 heteroatoms. The lowest BCUT2D eigenvalue weighted by Crippen LogP contribution is -2.44. The van der Waals surface area contributed by atoms with Gasteiger partial charge < -0.3 is 20.3 Å². The van der Waals surface area contributed by atoms with Crippen LogP contribution in [-0.2, 0) is 4.74 Å². The number of fused-ring (bicyclic) bond motifs is 1. The predicted octanol–water partition coefficient (Wildman–Crippen LogP) is 3.36. The number of aliphatic hydroxyl groups is 1. The van der Waals surface area contributed by atoms with Crippen molar-refractivity contribution in [3.05, 3.63) is 16.7 Å². The van der Waals surface area contributed by atoms with Crippen LogP contribution in [0.15, 0.2) is 16.7 Å². The summed E-state index contributed by atoms with van der Waals surface area (Å²) in [6.07, 6.45) is 4.34. The van der Waals surface area contributed by atoms with Gasteiger partial charge in [-0.25, -0.2) is 9.78 Å². The Bertz CT molecular complexity index is 918. The Morgan fingerprint density at radius 3 is 2.70 bits per heavy atom. The quantitative estimate of drug-likeness (QED) is 0.555. The summed E-state index contributed by atoms with van der Waals surface area (Å²) in [5.41, 5.74) is -0.403. The van der Waals surface area contributed by atoms with Crippen LogP contribution in [-0.4, -0.2) is 62.3 Å². The summed E-state index contributed by atoms with van der Waals surface area (Å²) in [5.74, 6) is 1.55. The fourth-order valence-corrected chi connectivity index (χ4v) is 4.45. The summed E-state index contributed by atoms with van der Waals surface area (Å²) in [6, 6.07) is 1.54. The zero-order valence-corrected chi connectivity index (χ0v) is 18.8. The maximum Gasteiger partial charge on any atom is 0.413 e. The Morgan fingerprint density at radius 1 is 1.40 bits per heavy atom. The monoisotopic (exact) mass is 481 g/mol. The zero-order chi connectivity index (χ0) is 21.5. The van der Waals surface area contributed by atoms with Gasteiger partial charge >= 0.3 is 6.09 Å². The highest BCUT2D eigenvalue weighted by molar-refractivity contribution is 9.10. The maximum atomic E-state index is 12.2. The number of nitrogens with one attached hydrogen (secondary N) is 1. The second-order valence-corrected chi connectivity index (χ2v) is 9.64. The third-order valence-corrected chi connectivity index (χ3v) is 6.42. The van der Waals surface area contributed by atoms with E-state index in [0.717, 1.165) is 25.7 Å². The molecule has 2 aromatic rings. The molecule has 1 aliphatic heterocycles. The Morgan fingerprint density at radius 2 is 2.10 bits per heavy atom. The topological polar surface area (TPSA) is 112 Å². The molecule has 0 spiro atoms. The van der Waals surface area contributed by atoms with Gasteiger partial charge in [0.05, 0.1) is 22.3 Å². The number of nitrogens with zero attached hydrogens (tertiary/aromatic N) is 4. The first-order chi connectivity index (χ1) is 14.2. The van der Waals surface area contributed by atoms with Gasteiger partial charge in [-0.3, -0.25) is 4.90 Å². The molecule has 3 N–H and O–H groups in total. The van der Waals surface area contributed by atoms with Gasteiger partial charge in [-0.15, -0.1) is 0 Å². The standard InChI is InChI=1S/C20H28BrN5O4/c1-20(2,29)17(13-3-4-13)23-15-9-16(26-18(24-15)14(21)10-22-26)25(19(27)28)11-12-5-7-30-8-6-12/h9-10,12-13,17,29H,3-8,11H2,1-2H3,(H,23,24)(H,27,28). The van der Waals surface area contributed by atoms with Crippen molar-refractivity contribution >= 4 is 39.3 Å². The molecule has 2 aliphatic rings. The fraction of sp³-hybridized carbons (Fsp3) is 0.650. The van der Waals surface area contributed by atoms with E-state index >= 15 is 0 Å². The third-order valence-electron chi connectivity index (χ3n) is 5.86. The van der Waals surface area contributed by atoms with Gasteiger partial charge in [0, 0.05) is 25.8 Å². The lowest BCUT2D eigenvalue weighted by Gasteiger charge is -2.31. The molecule has 164 valence electrons. The van der Waals surface area contributed by atoms with Gasteiger partial charge in [0.1, 0.15) is 11.6 Å². The summed E-state index contributed by atoms with van der Waals surface area (Å²) in [7, 11) is 0. The number of hydrogen-bond donors (Lipinski definition) is 3. The Balaban J connectivity index is 1.71. The van der Waals surface area contributed by atoms with Crippen molar-refractivity contribution < 1.29 is 19.7 Å². The van der Waals surface area contributed by atoms with Crippen molar-refractivity contribution in [2.45, 2.75) is 51.2 Å². The van der Waals surface area contributed by atoms with Crippen LogP contribution in [0, 0.1) is 11.8 Å². The summed E-state index contributed by atoms with van der Waals surface area (Å²) < 4.78 is 7.63. The van der Waals surface area contributed by atoms with E-state index in [1.54, 1.807) is 30.6 Å². The number of anilines is 2. The summed E-state index contributed by atoms with van der Waals surface area (Å²) in [5, 5.41) is 28.3. The molecule has 1 saturated heterocycles. The Labute approximate surface area is 183 Å². The second-order valence-electron chi connectivity index (χ2n) is 8.79. The molecule has 2 aromatic heterocycles. The minimum Gasteiger partial charge on any atom is -0.465 e. The normalized spacial score (nSPS) is 19.1. The summed E-state index contributed by atoms with van der Waals surface area (Å²) >= 11 is 3.46. The van der Waals surface area contributed by atoms with Crippen molar-refractivity contribution in [3.8, 4) is 0 Å². The SMILES string of the molecule is CC(C)(O)C(Nc1cc(N(CC2CCOCC2)C(=O)O)n2ncc(Br)c2n1)C1CC1. The molecule has 3 heterocycles. The highest BCUT2D eigenvalue weighted by Gasteiger charge is 2.40. The van der Waals surface area contributed by atoms with E-state index in [1.165, 1.54) is 4.90 Å². The number of ether oxygens (including phenoxy) is 1. The van der Waals surface area contributed by atoms with Crippen LogP contribution in [0.2, 0.25) is 0 Å². The van der Waals surface area contributed by atoms with Gasteiger partial charge in [-0.05, 0) is 67.3 Å². The second kappa shape index (κ2) is 8.32. The van der Waals surface area contributed by atoms with Crippen molar-refractivity contribution in [3.63, 3.8) is 0 Å². The van der Waals surface area contributed by atoms with Crippen molar-refractivity contribution in [1.82, 2.24) is 14.6 Å². The smallest absolute Gasteiger partial charge is 0.413 e. The van der Waals surface area contributed by atoms with Crippen LogP contribution in [0.3, 0.4) is 0 Å². The number of hydrogen-bond acceptors (Lipinski definition) is 6. The van der Waals surface area contributed by atoms with Crippen LogP contribution < -0.4 is 10.2 Å². The molecule has 4 rings (SSSR count). The minimum atomic E-state index is -1.03. The molecule has 0 radical (unpaired) electrons. The molecule has 1 unspecified atom stereocenters. The number of carbonyl (C=O) groups is 1. The lowest BCUT2D eigenvalue weighted by atomic mass is 9.94. The fourth-order valence-electron chi connectivity index (χ4n) is 4.10. The van der Waals surface area contributed by atoms with Crippen LogP contribution >= 0.6 is 15.9 Å². The highest BCUT2D eigenvalue weighted by atomic mass is 79.9. The molecule has 1 amide bonds. The minimum absolute atomic E-state index is 0.171. The van der Waals surface area contributed by atoms with Gasteiger partial charge in [0.15, 0.2) is 5.65 Å². The molecule has 1 saturated carbocycles. The molecule has 1 atom stereocenters. The van der Waals surface area contributed by atoms with E-state index in [-0.39, 0.29) is 12.0 Å². The molecule has 2 fully saturated rings. The Kier molecular flexibility index (Phi) is 5.91. The first-order valence-electron chi connectivity index (χ1n) is 10.4. The van der Waals surface area contributed by atoms with E-state index in [0.29, 0.717) is 47.4 Å². The van der Waals surface area contributed by atoms with Crippen LogP contribution in [0.5, 0.6) is 0 Å². The first-order valence-corrected chi connectivity index (χ1v) is 11.1. The first kappa shape index (κ1) is 21.3. The number of rotatable bonds is 7. The van der Waals surface area contributed by atoms with Crippen molar-refractivity contribution in [2.75, 3.05) is 30.0 Å². The largest absolute Gasteiger partial charge is 0.465 e. The average molecular weight is 482 g/mol. The van der Waals surface area contributed by atoms with E-state index in [4.69, 9.17) is 4.74 Å². The predicted molar refractivity (Wildman–Crippen MR) is 116 cm³/mol. The average Bonchev–Trinajstić information content (AvgIpc) is 3.46. The van der Waals surface area contributed by atoms with E-state index < -0.39 is 11.7 Å². The number of halogens is 1. The summed E-state index contributed by atoms with van der Waals surface area (Å²) in [4.78, 5) is 18.2. The van der Waals surface area contributed by atoms with Crippen LogP contribution in [0.25, 0.3) is 5.65 Å². The number of carboxylic acid groups (broad SMARTS) is 1. The van der Waals surface area contributed by atoms with Crippen molar-refractivity contribution in [1.29, 1.82) is 0 Å². The number of amides is 1. The third kappa shape index (κ3) is 4.55. The van der Waals surface area contributed by atoms with E-state index in [2.05, 4.69) is 31.3 Å². The van der Waals surface area contributed by atoms with Gasteiger partial charge in [-0.1, -0.05) is 0 Å². The summed E-state index contributed by atoms with van der Waals surface area (Å²) in [6.45, 7) is 5.24. The highest BCUT2D eigenvalue weighted by Crippen LogP contribution is 2.39. The molecular weight excluding hydrogens is 454 g/mol. The van der Waals surface area contributed by atoms with Gasteiger partial charge in [0.2, 0.25) is 0 Å². The van der Waals surface area contributed by atoms with Crippen molar-refractivity contribution in [2.24, 2.45) is 11.8 Å². The molecule has 0 aromatic carbocycles. The molecule has 0 bridgehead atoms. The number of aromatic nitrogens is 3.